The third-order valence-electron chi connectivity index (χ3n) is 5.06. The van der Waals surface area contributed by atoms with Crippen LogP contribution in [0, 0.1) is 5.92 Å². The molecular formula is C20H27N5O2. The van der Waals surface area contributed by atoms with E-state index >= 15 is 0 Å². The number of nitrogens with one attached hydrogen (secondary N) is 2. The highest BCUT2D eigenvalue weighted by Crippen LogP contribution is 2.22. The van der Waals surface area contributed by atoms with Gasteiger partial charge in [0, 0.05) is 43.6 Å². The molecule has 1 aliphatic heterocycles. The maximum Gasteiger partial charge on any atom is 0.321 e. The fourth-order valence-electron chi connectivity index (χ4n) is 3.54. The van der Waals surface area contributed by atoms with Crippen molar-refractivity contribution in [3.8, 4) is 11.3 Å². The zero-order chi connectivity index (χ0) is 19.2. The van der Waals surface area contributed by atoms with Crippen molar-refractivity contribution in [2.45, 2.75) is 26.7 Å². The topological polar surface area (TPSA) is 81.3 Å². The van der Waals surface area contributed by atoms with E-state index in [9.17, 15) is 9.59 Å². The first-order valence-electron chi connectivity index (χ1n) is 9.56. The number of rotatable bonds is 5. The Morgan fingerprint density at radius 3 is 2.81 bits per heavy atom. The van der Waals surface area contributed by atoms with Gasteiger partial charge in [-0.25, -0.2) is 4.79 Å². The summed E-state index contributed by atoms with van der Waals surface area (Å²) in [6, 6.07) is 9.36. The summed E-state index contributed by atoms with van der Waals surface area (Å²) in [6.07, 6.45) is 3.38. The van der Waals surface area contributed by atoms with Crippen LogP contribution >= 0.6 is 0 Å². The third kappa shape index (κ3) is 4.48. The number of aromatic amines is 1. The van der Waals surface area contributed by atoms with Gasteiger partial charge in [-0.3, -0.25) is 9.89 Å². The molecule has 0 bridgehead atoms. The zero-order valence-electron chi connectivity index (χ0n) is 15.9. The Bertz CT molecular complexity index is 770. The first kappa shape index (κ1) is 18.9. The molecule has 0 spiro atoms. The van der Waals surface area contributed by atoms with Crippen molar-refractivity contribution in [3.63, 3.8) is 0 Å². The van der Waals surface area contributed by atoms with Crippen molar-refractivity contribution in [2.24, 2.45) is 5.92 Å². The van der Waals surface area contributed by atoms with Gasteiger partial charge in [0.05, 0.1) is 11.6 Å². The van der Waals surface area contributed by atoms with Crippen LogP contribution in [0.1, 0.15) is 26.7 Å². The minimum Gasteiger partial charge on any atom is -0.343 e. The number of carbonyl (C=O) groups is 2. The standard InChI is InChI=1S/C20H27N5O2/c1-3-24(4-2)19(26)16-8-6-12-25(14-16)20(27)22-17-9-5-7-15(13-17)18-10-11-21-23-18/h5,7,9-11,13,16H,3-4,6,8,12,14H2,1-2H3,(H,21,23)(H,22,27)/t16-/m0/s1. The minimum absolute atomic E-state index is 0.110. The van der Waals surface area contributed by atoms with E-state index in [1.807, 2.05) is 49.1 Å². The summed E-state index contributed by atoms with van der Waals surface area (Å²) < 4.78 is 0. The van der Waals surface area contributed by atoms with Crippen molar-refractivity contribution in [2.75, 3.05) is 31.5 Å². The second kappa shape index (κ2) is 8.70. The SMILES string of the molecule is CCN(CC)C(=O)[C@H]1CCCN(C(=O)Nc2cccc(-c3ccn[nH]3)c2)C1. The lowest BCUT2D eigenvalue weighted by atomic mass is 9.96. The van der Waals surface area contributed by atoms with Gasteiger partial charge in [0.2, 0.25) is 5.91 Å². The van der Waals surface area contributed by atoms with E-state index < -0.39 is 0 Å². The third-order valence-corrected chi connectivity index (χ3v) is 5.06. The average molecular weight is 369 g/mol. The number of piperidine rings is 1. The summed E-state index contributed by atoms with van der Waals surface area (Å²) in [6.45, 7) is 6.54. The van der Waals surface area contributed by atoms with Gasteiger partial charge >= 0.3 is 6.03 Å². The summed E-state index contributed by atoms with van der Waals surface area (Å²) in [5, 5.41) is 9.84. The molecule has 0 unspecified atom stereocenters. The normalized spacial score (nSPS) is 16.8. The quantitative estimate of drug-likeness (QED) is 0.849. The molecule has 2 heterocycles. The van der Waals surface area contributed by atoms with Crippen LogP contribution in [0.4, 0.5) is 10.5 Å². The van der Waals surface area contributed by atoms with E-state index in [1.54, 1.807) is 11.1 Å². The fraction of sp³-hybridized carbons (Fsp3) is 0.450. The molecule has 0 aliphatic carbocycles. The van der Waals surface area contributed by atoms with Crippen LogP contribution in [0.3, 0.4) is 0 Å². The Labute approximate surface area is 159 Å². The van der Waals surface area contributed by atoms with E-state index in [4.69, 9.17) is 0 Å². The second-order valence-electron chi connectivity index (χ2n) is 6.78. The van der Waals surface area contributed by atoms with Crippen molar-refractivity contribution < 1.29 is 9.59 Å². The minimum atomic E-state index is -0.159. The molecular weight excluding hydrogens is 342 g/mol. The summed E-state index contributed by atoms with van der Waals surface area (Å²) in [5.74, 6) is 0.0412. The number of H-pyrrole nitrogens is 1. The summed E-state index contributed by atoms with van der Waals surface area (Å²) in [4.78, 5) is 28.9. The molecule has 7 heteroatoms. The molecule has 27 heavy (non-hydrogen) atoms. The van der Waals surface area contributed by atoms with Gasteiger partial charge in [-0.2, -0.15) is 5.10 Å². The van der Waals surface area contributed by atoms with Crippen LogP contribution in [0.15, 0.2) is 36.5 Å². The Morgan fingerprint density at radius 2 is 2.11 bits per heavy atom. The Balaban J connectivity index is 1.64. The Hall–Kier alpha value is -2.83. The molecule has 1 aromatic heterocycles. The number of carbonyl (C=O) groups excluding carboxylic acids is 2. The van der Waals surface area contributed by atoms with Crippen LogP contribution < -0.4 is 5.32 Å². The number of aromatic nitrogens is 2. The van der Waals surface area contributed by atoms with Crippen LogP contribution in [-0.4, -0.2) is 58.1 Å². The van der Waals surface area contributed by atoms with Gasteiger partial charge in [-0.05, 0) is 44.9 Å². The molecule has 1 aliphatic rings. The van der Waals surface area contributed by atoms with Crippen LogP contribution in [0.5, 0.6) is 0 Å². The highest BCUT2D eigenvalue weighted by molar-refractivity contribution is 5.90. The predicted molar refractivity (Wildman–Crippen MR) is 105 cm³/mol. The highest BCUT2D eigenvalue weighted by atomic mass is 16.2. The number of nitrogens with zero attached hydrogens (tertiary/aromatic N) is 3. The molecule has 0 radical (unpaired) electrons. The molecule has 2 aromatic rings. The van der Waals surface area contributed by atoms with Crippen molar-refractivity contribution in [1.82, 2.24) is 20.0 Å². The van der Waals surface area contributed by atoms with Crippen LogP contribution in [-0.2, 0) is 4.79 Å². The molecule has 0 saturated carbocycles. The summed E-state index contributed by atoms with van der Waals surface area (Å²) >= 11 is 0. The Morgan fingerprint density at radius 1 is 1.30 bits per heavy atom. The maximum atomic E-state index is 12.7. The number of urea groups is 1. The smallest absolute Gasteiger partial charge is 0.321 e. The highest BCUT2D eigenvalue weighted by Gasteiger charge is 2.30. The second-order valence-corrected chi connectivity index (χ2v) is 6.78. The first-order chi connectivity index (χ1) is 13.1. The predicted octanol–water partition coefficient (Wildman–Crippen LogP) is 3.19. The van der Waals surface area contributed by atoms with Gasteiger partial charge in [0.15, 0.2) is 0 Å². The van der Waals surface area contributed by atoms with E-state index in [1.165, 1.54) is 0 Å². The largest absolute Gasteiger partial charge is 0.343 e. The van der Waals surface area contributed by atoms with E-state index in [0.29, 0.717) is 26.2 Å². The molecule has 2 N–H and O–H groups in total. The molecule has 1 atom stereocenters. The van der Waals surface area contributed by atoms with Crippen molar-refractivity contribution in [3.05, 3.63) is 36.5 Å². The zero-order valence-corrected chi connectivity index (χ0v) is 15.9. The van der Waals surface area contributed by atoms with Gasteiger partial charge < -0.3 is 15.1 Å². The van der Waals surface area contributed by atoms with Crippen molar-refractivity contribution in [1.29, 1.82) is 0 Å². The molecule has 1 fully saturated rings. The monoisotopic (exact) mass is 369 g/mol. The molecule has 144 valence electrons. The number of anilines is 1. The lowest BCUT2D eigenvalue weighted by Crippen LogP contribution is -2.47. The first-order valence-corrected chi connectivity index (χ1v) is 9.56. The van der Waals surface area contributed by atoms with Gasteiger partial charge in [0.1, 0.15) is 0 Å². The maximum absolute atomic E-state index is 12.7. The number of likely N-dealkylation sites (tertiary alicyclic amines) is 1. The van der Waals surface area contributed by atoms with Gasteiger partial charge in [-0.1, -0.05) is 12.1 Å². The lowest BCUT2D eigenvalue weighted by Gasteiger charge is -2.34. The van der Waals surface area contributed by atoms with Gasteiger partial charge in [0.25, 0.3) is 0 Å². The molecule has 7 nitrogen and oxygen atoms in total. The van der Waals surface area contributed by atoms with Crippen LogP contribution in [0.25, 0.3) is 11.3 Å². The average Bonchev–Trinajstić information content (AvgIpc) is 3.24. The van der Waals surface area contributed by atoms with Crippen molar-refractivity contribution >= 4 is 17.6 Å². The van der Waals surface area contributed by atoms with E-state index in [-0.39, 0.29) is 17.9 Å². The molecule has 1 aromatic carbocycles. The number of hydrogen-bond donors (Lipinski definition) is 2. The fourth-order valence-corrected chi connectivity index (χ4v) is 3.54. The lowest BCUT2D eigenvalue weighted by molar-refractivity contribution is -0.136. The van der Waals surface area contributed by atoms with E-state index in [0.717, 1.165) is 29.8 Å². The number of amides is 3. The van der Waals surface area contributed by atoms with E-state index in [2.05, 4.69) is 15.5 Å². The summed E-state index contributed by atoms with van der Waals surface area (Å²) in [7, 11) is 0. The molecule has 1 saturated heterocycles. The van der Waals surface area contributed by atoms with Gasteiger partial charge in [-0.15, -0.1) is 0 Å². The summed E-state index contributed by atoms with van der Waals surface area (Å²) in [5.41, 5.74) is 2.58. The number of benzene rings is 1. The Kier molecular flexibility index (Phi) is 6.11. The number of hydrogen-bond acceptors (Lipinski definition) is 3. The molecule has 3 rings (SSSR count). The molecule has 3 amide bonds. The van der Waals surface area contributed by atoms with Crippen LogP contribution in [0.2, 0.25) is 0 Å².